The van der Waals surface area contributed by atoms with E-state index >= 15 is 0 Å². The van der Waals surface area contributed by atoms with Gasteiger partial charge in [-0.3, -0.25) is 4.79 Å². The molecule has 90 valence electrons. The van der Waals surface area contributed by atoms with Gasteiger partial charge in [-0.2, -0.15) is 0 Å². The number of nitrogens with two attached hydrogens (primary N) is 1. The normalized spacial score (nSPS) is 15.6. The highest BCUT2D eigenvalue weighted by molar-refractivity contribution is 7.10. The van der Waals surface area contributed by atoms with Crippen molar-refractivity contribution in [1.29, 1.82) is 0 Å². The highest BCUT2D eigenvalue weighted by Crippen LogP contribution is 2.21. The van der Waals surface area contributed by atoms with Crippen LogP contribution in [0.3, 0.4) is 0 Å². The standard InChI is InChI=1S/C12H20N2OS/c1-8(9-6-5-7-16-9)14-11(15)10(13)12(2,3)4/h5-8,10H,13H2,1-4H3,(H,14,15). The Labute approximate surface area is 101 Å². The predicted molar refractivity (Wildman–Crippen MR) is 68.3 cm³/mol. The molecule has 2 unspecified atom stereocenters. The van der Waals surface area contributed by atoms with Gasteiger partial charge in [0.1, 0.15) is 0 Å². The van der Waals surface area contributed by atoms with Crippen molar-refractivity contribution in [3.63, 3.8) is 0 Å². The summed E-state index contributed by atoms with van der Waals surface area (Å²) in [5, 5.41) is 4.94. The number of hydrogen-bond donors (Lipinski definition) is 2. The SMILES string of the molecule is CC(NC(=O)C(N)C(C)(C)C)c1cccs1. The van der Waals surface area contributed by atoms with E-state index in [2.05, 4.69) is 5.32 Å². The van der Waals surface area contributed by atoms with Crippen molar-refractivity contribution in [2.75, 3.05) is 0 Å². The molecule has 1 amide bonds. The maximum absolute atomic E-state index is 11.9. The van der Waals surface area contributed by atoms with Gasteiger partial charge in [0.25, 0.3) is 0 Å². The van der Waals surface area contributed by atoms with Gasteiger partial charge in [0.05, 0.1) is 12.1 Å². The van der Waals surface area contributed by atoms with E-state index < -0.39 is 6.04 Å². The third kappa shape index (κ3) is 3.32. The van der Waals surface area contributed by atoms with Gasteiger partial charge < -0.3 is 11.1 Å². The molecule has 1 heterocycles. The molecule has 0 aromatic carbocycles. The fraction of sp³-hybridized carbons (Fsp3) is 0.583. The maximum Gasteiger partial charge on any atom is 0.237 e. The number of carbonyl (C=O) groups excluding carboxylic acids is 1. The molecule has 1 rings (SSSR count). The number of thiophene rings is 1. The molecule has 1 aromatic heterocycles. The van der Waals surface area contributed by atoms with Crippen LogP contribution in [0.4, 0.5) is 0 Å². The van der Waals surface area contributed by atoms with Crippen molar-refractivity contribution < 1.29 is 4.79 Å². The Balaban J connectivity index is 2.59. The largest absolute Gasteiger partial charge is 0.347 e. The molecule has 0 aliphatic heterocycles. The summed E-state index contributed by atoms with van der Waals surface area (Å²) >= 11 is 1.64. The number of hydrogen-bond acceptors (Lipinski definition) is 3. The van der Waals surface area contributed by atoms with Crippen molar-refractivity contribution in [2.45, 2.75) is 39.8 Å². The lowest BCUT2D eigenvalue weighted by atomic mass is 9.87. The molecule has 4 heteroatoms. The van der Waals surface area contributed by atoms with Crippen LogP contribution < -0.4 is 11.1 Å². The third-order valence-corrected chi connectivity index (χ3v) is 3.60. The van der Waals surface area contributed by atoms with E-state index in [1.54, 1.807) is 11.3 Å². The average Bonchev–Trinajstić information content (AvgIpc) is 2.67. The summed E-state index contributed by atoms with van der Waals surface area (Å²) in [6, 6.07) is 3.54. The van der Waals surface area contributed by atoms with Crippen LogP contribution in [0.2, 0.25) is 0 Å². The Morgan fingerprint density at radius 3 is 2.56 bits per heavy atom. The second kappa shape index (κ2) is 4.97. The number of carbonyl (C=O) groups is 1. The predicted octanol–water partition coefficient (Wildman–Crippen LogP) is 2.30. The van der Waals surface area contributed by atoms with Crippen molar-refractivity contribution in [3.8, 4) is 0 Å². The smallest absolute Gasteiger partial charge is 0.237 e. The van der Waals surface area contributed by atoms with Gasteiger partial charge >= 0.3 is 0 Å². The molecule has 0 radical (unpaired) electrons. The van der Waals surface area contributed by atoms with Crippen LogP contribution in [0.25, 0.3) is 0 Å². The summed E-state index contributed by atoms with van der Waals surface area (Å²) in [7, 11) is 0. The third-order valence-electron chi connectivity index (χ3n) is 2.54. The van der Waals surface area contributed by atoms with Crippen LogP contribution in [0.5, 0.6) is 0 Å². The molecule has 1 aromatic rings. The molecule has 0 spiro atoms. The quantitative estimate of drug-likeness (QED) is 0.851. The van der Waals surface area contributed by atoms with Crippen molar-refractivity contribution in [2.24, 2.45) is 11.1 Å². The first-order chi connectivity index (χ1) is 7.32. The fourth-order valence-electron chi connectivity index (χ4n) is 1.31. The van der Waals surface area contributed by atoms with E-state index in [0.29, 0.717) is 0 Å². The van der Waals surface area contributed by atoms with Gasteiger partial charge in [-0.05, 0) is 23.8 Å². The molecule has 0 aliphatic carbocycles. The minimum atomic E-state index is -0.477. The second-order valence-electron chi connectivity index (χ2n) is 5.09. The summed E-state index contributed by atoms with van der Waals surface area (Å²) in [6.07, 6.45) is 0. The van der Waals surface area contributed by atoms with Crippen LogP contribution in [-0.2, 0) is 4.79 Å². The molecule has 0 aliphatic rings. The molecule has 16 heavy (non-hydrogen) atoms. The first kappa shape index (κ1) is 13.2. The lowest BCUT2D eigenvalue weighted by molar-refractivity contribution is -0.125. The van der Waals surface area contributed by atoms with Gasteiger partial charge in [-0.15, -0.1) is 11.3 Å². The van der Waals surface area contributed by atoms with E-state index in [1.165, 1.54) is 0 Å². The summed E-state index contributed by atoms with van der Waals surface area (Å²) < 4.78 is 0. The van der Waals surface area contributed by atoms with Crippen LogP contribution in [0.1, 0.15) is 38.6 Å². The molecular weight excluding hydrogens is 220 g/mol. The topological polar surface area (TPSA) is 55.1 Å². The summed E-state index contributed by atoms with van der Waals surface area (Å²) in [6.45, 7) is 7.87. The molecule has 3 N–H and O–H groups in total. The average molecular weight is 240 g/mol. The first-order valence-electron chi connectivity index (χ1n) is 5.41. The van der Waals surface area contributed by atoms with Gasteiger partial charge in [0.2, 0.25) is 5.91 Å². The maximum atomic E-state index is 11.9. The molecular formula is C12H20N2OS. The van der Waals surface area contributed by atoms with Gasteiger partial charge in [0.15, 0.2) is 0 Å². The molecule has 2 atom stereocenters. The van der Waals surface area contributed by atoms with Crippen molar-refractivity contribution in [1.82, 2.24) is 5.32 Å². The van der Waals surface area contributed by atoms with E-state index in [4.69, 9.17) is 5.73 Å². The Bertz CT molecular complexity index is 340. The first-order valence-corrected chi connectivity index (χ1v) is 6.29. The number of rotatable bonds is 3. The molecule has 0 saturated heterocycles. The minimum absolute atomic E-state index is 0.0286. The van der Waals surface area contributed by atoms with E-state index in [9.17, 15) is 4.79 Å². The number of amides is 1. The monoisotopic (exact) mass is 240 g/mol. The number of nitrogens with one attached hydrogen (secondary N) is 1. The zero-order valence-corrected chi connectivity index (χ0v) is 11.1. The van der Waals surface area contributed by atoms with Crippen LogP contribution in [0, 0.1) is 5.41 Å². The molecule has 0 fully saturated rings. The second-order valence-corrected chi connectivity index (χ2v) is 6.07. The molecule has 3 nitrogen and oxygen atoms in total. The van der Waals surface area contributed by atoms with Gasteiger partial charge in [-0.1, -0.05) is 26.8 Å². The van der Waals surface area contributed by atoms with Crippen LogP contribution in [0.15, 0.2) is 17.5 Å². The van der Waals surface area contributed by atoms with E-state index in [1.807, 2.05) is 45.2 Å². The van der Waals surface area contributed by atoms with Crippen molar-refractivity contribution in [3.05, 3.63) is 22.4 Å². The Hall–Kier alpha value is -0.870. The zero-order valence-electron chi connectivity index (χ0n) is 10.3. The van der Waals surface area contributed by atoms with Gasteiger partial charge in [-0.25, -0.2) is 0 Å². The fourth-order valence-corrected chi connectivity index (χ4v) is 2.04. The van der Waals surface area contributed by atoms with Crippen LogP contribution >= 0.6 is 11.3 Å². The summed E-state index contributed by atoms with van der Waals surface area (Å²) in [5.41, 5.74) is 5.68. The Morgan fingerprint density at radius 2 is 2.12 bits per heavy atom. The lowest BCUT2D eigenvalue weighted by Gasteiger charge is -2.27. The van der Waals surface area contributed by atoms with Gasteiger partial charge in [0, 0.05) is 4.88 Å². The van der Waals surface area contributed by atoms with E-state index in [0.717, 1.165) is 4.88 Å². The minimum Gasteiger partial charge on any atom is -0.347 e. The molecule has 0 saturated carbocycles. The highest BCUT2D eigenvalue weighted by Gasteiger charge is 2.28. The zero-order chi connectivity index (χ0) is 12.3. The lowest BCUT2D eigenvalue weighted by Crippen LogP contribution is -2.49. The van der Waals surface area contributed by atoms with Crippen LogP contribution in [-0.4, -0.2) is 11.9 Å². The van der Waals surface area contributed by atoms with E-state index in [-0.39, 0.29) is 17.4 Å². The Morgan fingerprint density at radius 1 is 1.50 bits per heavy atom. The summed E-state index contributed by atoms with van der Waals surface area (Å²) in [4.78, 5) is 13.0. The Kier molecular flexibility index (Phi) is 4.10. The molecule has 0 bridgehead atoms. The summed E-state index contributed by atoms with van der Waals surface area (Å²) in [5.74, 6) is -0.0894. The highest BCUT2D eigenvalue weighted by atomic mass is 32.1. The van der Waals surface area contributed by atoms with Crippen molar-refractivity contribution >= 4 is 17.2 Å².